The van der Waals surface area contributed by atoms with Crippen molar-refractivity contribution >= 4 is 17.2 Å². The Labute approximate surface area is 126 Å². The standard InChI is InChI=1S/C16H14FNO2S/c1-11-6-8-21-15(11)10-18-16(20)14-9-13(17)5-4-12(14)3-2-7-19/h4-6,8-9,19H,7,10H2,1H3,(H,18,20). The first-order valence-corrected chi connectivity index (χ1v) is 7.20. The number of carbonyl (C=O) groups excluding carboxylic acids is 1. The van der Waals surface area contributed by atoms with Gasteiger partial charge in [0.05, 0.1) is 12.1 Å². The van der Waals surface area contributed by atoms with Crippen molar-refractivity contribution in [2.75, 3.05) is 6.61 Å². The molecular formula is C16H14FNO2S. The lowest BCUT2D eigenvalue weighted by molar-refractivity contribution is 0.0950. The minimum atomic E-state index is -0.498. The number of halogens is 1. The molecule has 3 nitrogen and oxygen atoms in total. The summed E-state index contributed by atoms with van der Waals surface area (Å²) in [5.74, 6) is 4.23. The third-order valence-corrected chi connectivity index (χ3v) is 3.93. The molecule has 5 heteroatoms. The second kappa shape index (κ2) is 7.02. The summed E-state index contributed by atoms with van der Waals surface area (Å²) in [5.41, 5.74) is 1.68. The van der Waals surface area contributed by atoms with Gasteiger partial charge in [0.1, 0.15) is 12.4 Å². The molecule has 2 N–H and O–H groups in total. The average Bonchev–Trinajstić information content (AvgIpc) is 2.88. The van der Waals surface area contributed by atoms with Crippen LogP contribution < -0.4 is 5.32 Å². The molecule has 21 heavy (non-hydrogen) atoms. The number of nitrogens with one attached hydrogen (secondary N) is 1. The van der Waals surface area contributed by atoms with Gasteiger partial charge in [-0.15, -0.1) is 11.3 Å². The predicted octanol–water partition coefficient (Wildman–Crippen LogP) is 2.47. The largest absolute Gasteiger partial charge is 0.384 e. The molecule has 108 valence electrons. The Morgan fingerprint density at radius 2 is 2.24 bits per heavy atom. The summed E-state index contributed by atoms with van der Waals surface area (Å²) in [6.07, 6.45) is 0. The van der Waals surface area contributed by atoms with Gasteiger partial charge >= 0.3 is 0 Å². The van der Waals surface area contributed by atoms with Gasteiger partial charge in [0.15, 0.2) is 0 Å². The Balaban J connectivity index is 2.18. The first-order valence-electron chi connectivity index (χ1n) is 6.32. The van der Waals surface area contributed by atoms with E-state index in [0.717, 1.165) is 16.5 Å². The van der Waals surface area contributed by atoms with Gasteiger partial charge in [-0.25, -0.2) is 4.39 Å². The number of hydrogen-bond acceptors (Lipinski definition) is 3. The molecule has 1 amide bonds. The van der Waals surface area contributed by atoms with Gasteiger partial charge < -0.3 is 10.4 Å². The molecular weight excluding hydrogens is 289 g/mol. The van der Waals surface area contributed by atoms with Gasteiger partial charge in [-0.2, -0.15) is 0 Å². The molecule has 0 fully saturated rings. The maximum absolute atomic E-state index is 13.3. The third-order valence-electron chi connectivity index (χ3n) is 2.91. The molecule has 0 atom stereocenters. The molecule has 0 aliphatic rings. The number of rotatable bonds is 3. The Kier molecular flexibility index (Phi) is 5.09. The molecule has 0 unspecified atom stereocenters. The van der Waals surface area contributed by atoms with E-state index in [0.29, 0.717) is 12.1 Å². The molecule has 0 bridgehead atoms. The van der Waals surface area contributed by atoms with E-state index in [1.807, 2.05) is 18.4 Å². The number of thiophene rings is 1. The lowest BCUT2D eigenvalue weighted by Gasteiger charge is -2.07. The van der Waals surface area contributed by atoms with E-state index in [1.54, 1.807) is 11.3 Å². The molecule has 0 saturated carbocycles. The van der Waals surface area contributed by atoms with Crippen molar-refractivity contribution in [1.82, 2.24) is 5.32 Å². The van der Waals surface area contributed by atoms with Crippen molar-refractivity contribution in [3.8, 4) is 11.8 Å². The van der Waals surface area contributed by atoms with Crippen molar-refractivity contribution in [2.24, 2.45) is 0 Å². The van der Waals surface area contributed by atoms with E-state index in [9.17, 15) is 9.18 Å². The van der Waals surface area contributed by atoms with Crippen LogP contribution in [0.15, 0.2) is 29.6 Å². The van der Waals surface area contributed by atoms with E-state index in [-0.39, 0.29) is 18.1 Å². The summed E-state index contributed by atoms with van der Waals surface area (Å²) in [6, 6.07) is 5.80. The van der Waals surface area contributed by atoms with Gasteiger partial charge in [0.2, 0.25) is 0 Å². The highest BCUT2D eigenvalue weighted by molar-refractivity contribution is 7.10. The molecule has 0 spiro atoms. The number of hydrogen-bond donors (Lipinski definition) is 2. The maximum Gasteiger partial charge on any atom is 0.252 e. The van der Waals surface area contributed by atoms with E-state index in [2.05, 4.69) is 17.2 Å². The van der Waals surface area contributed by atoms with Crippen molar-refractivity contribution in [1.29, 1.82) is 0 Å². The van der Waals surface area contributed by atoms with Gasteiger partial charge in [-0.3, -0.25) is 4.79 Å². The van der Waals surface area contributed by atoms with Crippen molar-refractivity contribution in [3.63, 3.8) is 0 Å². The summed E-state index contributed by atoms with van der Waals surface area (Å²) in [5, 5.41) is 13.4. The number of aliphatic hydroxyl groups is 1. The summed E-state index contributed by atoms with van der Waals surface area (Å²) < 4.78 is 13.3. The van der Waals surface area contributed by atoms with Gasteiger partial charge in [-0.1, -0.05) is 11.8 Å². The van der Waals surface area contributed by atoms with E-state index >= 15 is 0 Å². The van der Waals surface area contributed by atoms with Crippen molar-refractivity contribution in [3.05, 3.63) is 57.0 Å². The summed E-state index contributed by atoms with van der Waals surface area (Å²) in [4.78, 5) is 13.2. The Morgan fingerprint density at radius 3 is 2.90 bits per heavy atom. The van der Waals surface area contributed by atoms with Gasteiger partial charge in [0, 0.05) is 10.4 Å². The topological polar surface area (TPSA) is 49.3 Å². The maximum atomic E-state index is 13.3. The smallest absolute Gasteiger partial charge is 0.252 e. The molecule has 0 aliphatic carbocycles. The number of carbonyl (C=O) groups is 1. The number of aryl methyl sites for hydroxylation is 1. The Bertz CT molecular complexity index is 713. The lowest BCUT2D eigenvalue weighted by atomic mass is 10.1. The highest BCUT2D eigenvalue weighted by atomic mass is 32.1. The first-order chi connectivity index (χ1) is 10.1. The minimum Gasteiger partial charge on any atom is -0.384 e. The second-order valence-corrected chi connectivity index (χ2v) is 5.36. The second-order valence-electron chi connectivity index (χ2n) is 4.36. The van der Waals surface area contributed by atoms with Crippen LogP contribution in [0.3, 0.4) is 0 Å². The number of amides is 1. The molecule has 1 aromatic heterocycles. The van der Waals surface area contributed by atoms with Crippen LogP contribution in [0.2, 0.25) is 0 Å². The summed E-state index contributed by atoms with van der Waals surface area (Å²) in [6.45, 7) is 2.05. The molecule has 2 aromatic rings. The van der Waals surface area contributed by atoms with Crippen molar-refractivity contribution in [2.45, 2.75) is 13.5 Å². The zero-order valence-electron chi connectivity index (χ0n) is 11.4. The summed E-state index contributed by atoms with van der Waals surface area (Å²) in [7, 11) is 0. The SMILES string of the molecule is Cc1ccsc1CNC(=O)c1cc(F)ccc1C#CCO. The zero-order valence-corrected chi connectivity index (χ0v) is 12.3. The molecule has 0 aliphatic heterocycles. The fraction of sp³-hybridized carbons (Fsp3) is 0.188. The van der Waals surface area contributed by atoms with E-state index < -0.39 is 5.82 Å². The quantitative estimate of drug-likeness (QED) is 0.856. The van der Waals surface area contributed by atoms with Crippen LogP contribution in [0.25, 0.3) is 0 Å². The van der Waals surface area contributed by atoms with Crippen LogP contribution >= 0.6 is 11.3 Å². The first kappa shape index (κ1) is 15.2. The molecule has 1 aromatic carbocycles. The number of aliphatic hydroxyl groups excluding tert-OH is 1. The van der Waals surface area contributed by atoms with Crippen LogP contribution in [0.4, 0.5) is 4.39 Å². The van der Waals surface area contributed by atoms with Gasteiger partial charge in [-0.05, 0) is 42.1 Å². The zero-order chi connectivity index (χ0) is 15.2. The summed E-state index contributed by atoms with van der Waals surface area (Å²) >= 11 is 1.56. The fourth-order valence-electron chi connectivity index (χ4n) is 1.79. The predicted molar refractivity (Wildman–Crippen MR) is 80.6 cm³/mol. The van der Waals surface area contributed by atoms with Crippen LogP contribution in [0, 0.1) is 24.6 Å². The van der Waals surface area contributed by atoms with Crippen LogP contribution in [0.1, 0.15) is 26.4 Å². The molecule has 0 radical (unpaired) electrons. The van der Waals surface area contributed by atoms with E-state index in [1.165, 1.54) is 12.1 Å². The average molecular weight is 303 g/mol. The van der Waals surface area contributed by atoms with Crippen LogP contribution in [-0.2, 0) is 6.54 Å². The minimum absolute atomic E-state index is 0.171. The lowest BCUT2D eigenvalue weighted by Crippen LogP contribution is -2.23. The number of benzene rings is 1. The highest BCUT2D eigenvalue weighted by Gasteiger charge is 2.12. The molecule has 1 heterocycles. The Morgan fingerprint density at radius 1 is 1.43 bits per heavy atom. The Hall–Kier alpha value is -2.16. The van der Waals surface area contributed by atoms with Crippen molar-refractivity contribution < 1.29 is 14.3 Å². The van der Waals surface area contributed by atoms with Crippen LogP contribution in [-0.4, -0.2) is 17.6 Å². The fourth-order valence-corrected chi connectivity index (χ4v) is 2.63. The van der Waals surface area contributed by atoms with Crippen LogP contribution in [0.5, 0.6) is 0 Å². The third kappa shape index (κ3) is 3.91. The highest BCUT2D eigenvalue weighted by Crippen LogP contribution is 2.16. The van der Waals surface area contributed by atoms with Gasteiger partial charge in [0.25, 0.3) is 5.91 Å². The molecule has 2 rings (SSSR count). The normalized spacial score (nSPS) is 9.86. The monoisotopic (exact) mass is 303 g/mol. The molecule has 0 saturated heterocycles. The van der Waals surface area contributed by atoms with E-state index in [4.69, 9.17) is 5.11 Å².